The normalized spacial score (nSPS) is 16.8. The number of aromatic nitrogens is 2. The van der Waals surface area contributed by atoms with E-state index in [1.807, 2.05) is 26.1 Å². The molecule has 0 fully saturated rings. The maximum absolute atomic E-state index is 6.91. The molecule has 0 unspecified atom stereocenters. The number of benzene rings is 1. The van der Waals surface area contributed by atoms with Crippen molar-refractivity contribution in [3.8, 4) is 11.5 Å². The zero-order valence-electron chi connectivity index (χ0n) is 17.0. The number of nitrogens with zero attached hydrogens (tertiary/aromatic N) is 3. The fourth-order valence-electron chi connectivity index (χ4n) is 3.64. The summed E-state index contributed by atoms with van der Waals surface area (Å²) in [6, 6.07) is 3.75. The summed E-state index contributed by atoms with van der Waals surface area (Å²) in [5.41, 5.74) is 3.65. The average molecular weight is 416 g/mol. The highest BCUT2D eigenvalue weighted by Gasteiger charge is 2.25. The lowest BCUT2D eigenvalue weighted by Crippen LogP contribution is -2.17. The van der Waals surface area contributed by atoms with E-state index in [2.05, 4.69) is 38.6 Å². The Hall–Kier alpha value is -2.51. The number of nitrogens with one attached hydrogen (secondary N) is 2. The first-order valence-corrected chi connectivity index (χ1v) is 10.2. The molecule has 8 heteroatoms. The Morgan fingerprint density at radius 1 is 1.17 bits per heavy atom. The van der Waals surface area contributed by atoms with Crippen LogP contribution in [0.15, 0.2) is 18.2 Å². The second kappa shape index (κ2) is 8.47. The fourth-order valence-corrected chi connectivity index (χ4v) is 3.95. The molecule has 2 aliphatic heterocycles. The molecule has 1 aromatic heterocycles. The van der Waals surface area contributed by atoms with Gasteiger partial charge in [0.05, 0.1) is 10.7 Å². The van der Waals surface area contributed by atoms with E-state index >= 15 is 0 Å². The van der Waals surface area contributed by atoms with Crippen LogP contribution in [0.3, 0.4) is 0 Å². The number of aryl methyl sites for hydroxylation is 1. The van der Waals surface area contributed by atoms with E-state index < -0.39 is 0 Å². The van der Waals surface area contributed by atoms with Crippen LogP contribution in [0, 0.1) is 6.92 Å². The Morgan fingerprint density at radius 3 is 2.83 bits per heavy atom. The molecule has 2 N–H and O–H groups in total. The van der Waals surface area contributed by atoms with E-state index in [1.165, 1.54) is 5.57 Å². The third-order valence-electron chi connectivity index (χ3n) is 5.08. The van der Waals surface area contributed by atoms with Crippen molar-refractivity contribution in [1.29, 1.82) is 0 Å². The number of ether oxygens (including phenoxy) is 2. The van der Waals surface area contributed by atoms with Gasteiger partial charge in [-0.15, -0.1) is 0 Å². The third kappa shape index (κ3) is 4.26. The summed E-state index contributed by atoms with van der Waals surface area (Å²) < 4.78 is 11.9. The van der Waals surface area contributed by atoms with Gasteiger partial charge < -0.3 is 25.0 Å². The van der Waals surface area contributed by atoms with Crippen LogP contribution in [0.25, 0.3) is 5.57 Å². The van der Waals surface area contributed by atoms with Crippen LogP contribution in [0.2, 0.25) is 5.02 Å². The summed E-state index contributed by atoms with van der Waals surface area (Å²) in [7, 11) is 3.96. The summed E-state index contributed by atoms with van der Waals surface area (Å²) in [6.45, 7) is 4.89. The van der Waals surface area contributed by atoms with Crippen molar-refractivity contribution >= 4 is 34.6 Å². The molecule has 154 valence electrons. The maximum Gasteiger partial charge on any atom is 0.229 e. The molecule has 0 radical (unpaired) electrons. The standard InChI is InChI=1S/C21H26ClN5O2/c1-13-11-17(23-2)26-21(24-13)25-15-12-16-20(29-10-9-28-16)18(19(15)22)14-5-4-7-27(3)8-6-14/h6,11-12H,4-5,7-10H2,1-3H3,(H2,23,24,25,26). The van der Waals surface area contributed by atoms with Gasteiger partial charge in [0.15, 0.2) is 11.5 Å². The molecule has 0 atom stereocenters. The molecule has 29 heavy (non-hydrogen) atoms. The van der Waals surface area contributed by atoms with Crippen LogP contribution in [0.1, 0.15) is 24.1 Å². The Labute approximate surface area is 176 Å². The minimum absolute atomic E-state index is 0.480. The highest BCUT2D eigenvalue weighted by Crippen LogP contribution is 2.47. The zero-order valence-corrected chi connectivity index (χ0v) is 17.8. The first-order chi connectivity index (χ1) is 14.0. The van der Waals surface area contributed by atoms with Crippen LogP contribution >= 0.6 is 11.6 Å². The predicted octanol–water partition coefficient (Wildman–Crippen LogP) is 4.10. The van der Waals surface area contributed by atoms with E-state index in [0.717, 1.165) is 48.8 Å². The van der Waals surface area contributed by atoms with Crippen molar-refractivity contribution < 1.29 is 9.47 Å². The second-order valence-corrected chi connectivity index (χ2v) is 7.70. The Morgan fingerprint density at radius 2 is 2.00 bits per heavy atom. The molecule has 7 nitrogen and oxygen atoms in total. The van der Waals surface area contributed by atoms with Crippen LogP contribution < -0.4 is 20.1 Å². The number of halogens is 1. The summed E-state index contributed by atoms with van der Waals surface area (Å²) in [4.78, 5) is 11.3. The molecular formula is C21H26ClN5O2. The first-order valence-electron chi connectivity index (χ1n) is 9.85. The van der Waals surface area contributed by atoms with Crippen molar-refractivity contribution in [3.63, 3.8) is 0 Å². The largest absolute Gasteiger partial charge is 0.486 e. The Balaban J connectivity index is 1.78. The molecule has 0 bridgehead atoms. The molecule has 3 heterocycles. The van der Waals surface area contributed by atoms with Crippen molar-refractivity contribution in [1.82, 2.24) is 14.9 Å². The van der Waals surface area contributed by atoms with Gasteiger partial charge in [0, 0.05) is 37.0 Å². The van der Waals surface area contributed by atoms with Gasteiger partial charge in [0.25, 0.3) is 0 Å². The van der Waals surface area contributed by atoms with Crippen molar-refractivity contribution in [3.05, 3.63) is 34.5 Å². The zero-order chi connectivity index (χ0) is 20.4. The van der Waals surface area contributed by atoms with Crippen LogP contribution in [-0.2, 0) is 0 Å². The Kier molecular flexibility index (Phi) is 5.78. The monoisotopic (exact) mass is 415 g/mol. The van der Waals surface area contributed by atoms with Gasteiger partial charge >= 0.3 is 0 Å². The average Bonchev–Trinajstić information content (AvgIpc) is 2.92. The lowest BCUT2D eigenvalue weighted by atomic mass is 9.98. The fraction of sp³-hybridized carbons (Fsp3) is 0.429. The van der Waals surface area contributed by atoms with Gasteiger partial charge in [-0.05, 0) is 38.9 Å². The van der Waals surface area contributed by atoms with E-state index in [4.69, 9.17) is 21.1 Å². The minimum atomic E-state index is 0.480. The number of hydrogen-bond acceptors (Lipinski definition) is 7. The van der Waals surface area contributed by atoms with E-state index in [9.17, 15) is 0 Å². The van der Waals surface area contributed by atoms with E-state index in [0.29, 0.717) is 35.6 Å². The van der Waals surface area contributed by atoms with Gasteiger partial charge in [-0.1, -0.05) is 17.7 Å². The molecule has 2 aromatic rings. The van der Waals surface area contributed by atoms with Crippen molar-refractivity contribution in [2.24, 2.45) is 0 Å². The number of hydrogen-bond donors (Lipinski definition) is 2. The first kappa shape index (κ1) is 19.8. The molecule has 0 saturated carbocycles. The molecule has 2 aliphatic rings. The number of rotatable bonds is 4. The van der Waals surface area contributed by atoms with Gasteiger partial charge in [-0.3, -0.25) is 0 Å². The minimum Gasteiger partial charge on any atom is -0.486 e. The highest BCUT2D eigenvalue weighted by atomic mass is 35.5. The molecule has 0 saturated heterocycles. The van der Waals surface area contributed by atoms with Gasteiger partial charge in [0.2, 0.25) is 5.95 Å². The molecule has 1 aromatic carbocycles. The highest BCUT2D eigenvalue weighted by molar-refractivity contribution is 6.35. The molecule has 0 amide bonds. The topological polar surface area (TPSA) is 71.5 Å². The smallest absolute Gasteiger partial charge is 0.229 e. The van der Waals surface area contributed by atoms with Crippen LogP contribution in [0.4, 0.5) is 17.5 Å². The number of likely N-dealkylation sites (N-methyl/N-ethyl adjacent to an activating group) is 1. The number of allylic oxidation sites excluding steroid dienone is 1. The second-order valence-electron chi connectivity index (χ2n) is 7.33. The predicted molar refractivity (Wildman–Crippen MR) is 117 cm³/mol. The van der Waals surface area contributed by atoms with Crippen molar-refractivity contribution in [2.75, 3.05) is 51.0 Å². The van der Waals surface area contributed by atoms with Crippen LogP contribution in [0.5, 0.6) is 11.5 Å². The van der Waals surface area contributed by atoms with E-state index in [-0.39, 0.29) is 0 Å². The third-order valence-corrected chi connectivity index (χ3v) is 5.48. The molecule has 0 aliphatic carbocycles. The molecular weight excluding hydrogens is 390 g/mol. The lowest BCUT2D eigenvalue weighted by Gasteiger charge is -2.25. The maximum atomic E-state index is 6.91. The summed E-state index contributed by atoms with van der Waals surface area (Å²) in [6.07, 6.45) is 4.24. The summed E-state index contributed by atoms with van der Waals surface area (Å²) in [5, 5.41) is 6.92. The molecule has 4 rings (SSSR count). The van der Waals surface area contributed by atoms with Gasteiger partial charge in [0.1, 0.15) is 19.0 Å². The quantitative estimate of drug-likeness (QED) is 0.778. The van der Waals surface area contributed by atoms with Gasteiger partial charge in [-0.25, -0.2) is 4.98 Å². The summed E-state index contributed by atoms with van der Waals surface area (Å²) in [5.74, 6) is 2.64. The van der Waals surface area contributed by atoms with Gasteiger partial charge in [-0.2, -0.15) is 4.98 Å². The van der Waals surface area contributed by atoms with Crippen molar-refractivity contribution in [2.45, 2.75) is 19.8 Å². The lowest BCUT2D eigenvalue weighted by molar-refractivity contribution is 0.171. The number of fused-ring (bicyclic) bond motifs is 1. The number of anilines is 3. The van der Waals surface area contributed by atoms with Crippen LogP contribution in [-0.4, -0.2) is 55.3 Å². The van der Waals surface area contributed by atoms with E-state index in [1.54, 1.807) is 0 Å². The summed E-state index contributed by atoms with van der Waals surface area (Å²) >= 11 is 6.91. The molecule has 0 spiro atoms. The SMILES string of the molecule is CNc1cc(C)nc(Nc2cc3c(c(C4=CCN(C)CCC4)c2Cl)OCCO3)n1. The Bertz CT molecular complexity index is 947.